The Balaban J connectivity index is 2.13. The Morgan fingerprint density at radius 1 is 1.15 bits per heavy atom. The molecule has 1 aromatic carbocycles. The quantitative estimate of drug-likeness (QED) is 0.888. The second kappa shape index (κ2) is 6.52. The van der Waals surface area contributed by atoms with Gasteiger partial charge in [0.2, 0.25) is 0 Å². The number of benzene rings is 1. The molecule has 0 spiro atoms. The molecular formula is C15H18N2O2S. The summed E-state index contributed by atoms with van der Waals surface area (Å²) < 4.78 is 26.9. The van der Waals surface area contributed by atoms with Crippen molar-refractivity contribution in [2.75, 3.05) is 4.72 Å². The van der Waals surface area contributed by atoms with Crippen LogP contribution < -0.4 is 4.72 Å². The number of hydrogen-bond acceptors (Lipinski definition) is 3. The van der Waals surface area contributed by atoms with Crippen LogP contribution in [-0.2, 0) is 16.4 Å². The number of sulfonamides is 1. The van der Waals surface area contributed by atoms with Gasteiger partial charge in [-0.25, -0.2) is 8.42 Å². The SMILES string of the molecule is CCCCc1ccc(S(=O)(=O)Nc2cccnc2)cc1. The summed E-state index contributed by atoms with van der Waals surface area (Å²) >= 11 is 0. The zero-order valence-electron chi connectivity index (χ0n) is 11.4. The van der Waals surface area contributed by atoms with Crippen molar-refractivity contribution in [3.8, 4) is 0 Å². The van der Waals surface area contributed by atoms with E-state index >= 15 is 0 Å². The van der Waals surface area contributed by atoms with E-state index in [9.17, 15) is 8.42 Å². The predicted molar refractivity (Wildman–Crippen MR) is 80.1 cm³/mol. The number of hydrogen-bond donors (Lipinski definition) is 1. The molecule has 0 aliphatic carbocycles. The van der Waals surface area contributed by atoms with Gasteiger partial charge in [0.1, 0.15) is 0 Å². The lowest BCUT2D eigenvalue weighted by atomic mass is 10.1. The molecule has 0 radical (unpaired) electrons. The van der Waals surface area contributed by atoms with E-state index in [1.165, 1.54) is 6.20 Å². The first-order chi connectivity index (χ1) is 9.62. The highest BCUT2D eigenvalue weighted by molar-refractivity contribution is 7.92. The van der Waals surface area contributed by atoms with Gasteiger partial charge in [-0.1, -0.05) is 25.5 Å². The largest absolute Gasteiger partial charge is 0.278 e. The maximum absolute atomic E-state index is 12.2. The minimum absolute atomic E-state index is 0.265. The summed E-state index contributed by atoms with van der Waals surface area (Å²) in [7, 11) is -3.54. The first-order valence-corrected chi connectivity index (χ1v) is 8.12. The van der Waals surface area contributed by atoms with Gasteiger partial charge in [0.15, 0.2) is 0 Å². The van der Waals surface area contributed by atoms with E-state index in [0.29, 0.717) is 5.69 Å². The summed E-state index contributed by atoms with van der Waals surface area (Å²) in [6.45, 7) is 2.14. The molecule has 20 heavy (non-hydrogen) atoms. The Labute approximate surface area is 119 Å². The van der Waals surface area contributed by atoms with Crippen molar-refractivity contribution in [3.05, 3.63) is 54.4 Å². The van der Waals surface area contributed by atoms with Crippen molar-refractivity contribution in [2.45, 2.75) is 31.1 Å². The summed E-state index contributed by atoms with van der Waals surface area (Å²) in [4.78, 5) is 4.15. The second-order valence-electron chi connectivity index (χ2n) is 4.59. The molecule has 4 nitrogen and oxygen atoms in total. The van der Waals surface area contributed by atoms with Crippen LogP contribution in [0, 0.1) is 0 Å². The van der Waals surface area contributed by atoms with E-state index in [0.717, 1.165) is 24.8 Å². The average molecular weight is 290 g/mol. The molecule has 5 heteroatoms. The minimum Gasteiger partial charge on any atom is -0.278 e. The van der Waals surface area contributed by atoms with Gasteiger partial charge in [-0.2, -0.15) is 0 Å². The molecule has 0 amide bonds. The van der Waals surface area contributed by atoms with Gasteiger partial charge in [-0.3, -0.25) is 9.71 Å². The number of rotatable bonds is 6. The number of anilines is 1. The summed E-state index contributed by atoms with van der Waals surface area (Å²) in [6, 6.07) is 10.4. The highest BCUT2D eigenvalue weighted by Crippen LogP contribution is 2.16. The number of aromatic nitrogens is 1. The first kappa shape index (κ1) is 14.5. The minimum atomic E-state index is -3.54. The molecule has 2 rings (SSSR count). The molecule has 1 N–H and O–H groups in total. The number of pyridine rings is 1. The molecule has 0 aliphatic heterocycles. The van der Waals surface area contributed by atoms with Crippen molar-refractivity contribution in [1.29, 1.82) is 0 Å². The maximum Gasteiger partial charge on any atom is 0.261 e. The van der Waals surface area contributed by atoms with Gasteiger partial charge < -0.3 is 0 Å². The third-order valence-corrected chi connectivity index (χ3v) is 4.36. The summed E-state index contributed by atoms with van der Waals surface area (Å²) in [5.74, 6) is 0. The van der Waals surface area contributed by atoms with E-state index in [2.05, 4.69) is 16.6 Å². The van der Waals surface area contributed by atoms with Crippen LogP contribution >= 0.6 is 0 Å². The summed E-state index contributed by atoms with van der Waals surface area (Å²) in [5, 5.41) is 0. The fourth-order valence-electron chi connectivity index (χ4n) is 1.85. The van der Waals surface area contributed by atoms with Gasteiger partial charge >= 0.3 is 0 Å². The highest BCUT2D eigenvalue weighted by atomic mass is 32.2. The third kappa shape index (κ3) is 3.81. The predicted octanol–water partition coefficient (Wildman–Crippen LogP) is 3.23. The smallest absolute Gasteiger partial charge is 0.261 e. The van der Waals surface area contributed by atoms with E-state index in [-0.39, 0.29) is 4.90 Å². The second-order valence-corrected chi connectivity index (χ2v) is 6.28. The summed E-state index contributed by atoms with van der Waals surface area (Å²) in [6.07, 6.45) is 6.29. The monoisotopic (exact) mass is 290 g/mol. The Bertz CT molecular complexity index is 637. The molecule has 2 aromatic rings. The third-order valence-electron chi connectivity index (χ3n) is 2.97. The Hall–Kier alpha value is -1.88. The van der Waals surface area contributed by atoms with E-state index in [4.69, 9.17) is 0 Å². The topological polar surface area (TPSA) is 59.1 Å². The molecule has 0 saturated heterocycles. The number of aryl methyl sites for hydroxylation is 1. The van der Waals surface area contributed by atoms with Crippen LogP contribution in [0.5, 0.6) is 0 Å². The lowest BCUT2D eigenvalue weighted by Gasteiger charge is -2.08. The fraction of sp³-hybridized carbons (Fsp3) is 0.267. The van der Waals surface area contributed by atoms with Crippen LogP contribution in [0.3, 0.4) is 0 Å². The van der Waals surface area contributed by atoms with Crippen LogP contribution in [0.4, 0.5) is 5.69 Å². The Morgan fingerprint density at radius 2 is 1.90 bits per heavy atom. The number of unbranched alkanes of at least 4 members (excludes halogenated alkanes) is 1. The number of nitrogens with zero attached hydrogens (tertiary/aromatic N) is 1. The Morgan fingerprint density at radius 3 is 2.50 bits per heavy atom. The Kier molecular flexibility index (Phi) is 4.74. The van der Waals surface area contributed by atoms with Gasteiger partial charge in [0.05, 0.1) is 16.8 Å². The van der Waals surface area contributed by atoms with Crippen LogP contribution in [0.15, 0.2) is 53.7 Å². The molecule has 1 heterocycles. The zero-order valence-corrected chi connectivity index (χ0v) is 12.2. The van der Waals surface area contributed by atoms with Crippen molar-refractivity contribution < 1.29 is 8.42 Å². The lowest BCUT2D eigenvalue weighted by Crippen LogP contribution is -2.13. The van der Waals surface area contributed by atoms with Gasteiger partial charge in [-0.05, 0) is 42.7 Å². The lowest BCUT2D eigenvalue weighted by molar-refractivity contribution is 0.601. The van der Waals surface area contributed by atoms with Crippen LogP contribution in [0.25, 0.3) is 0 Å². The normalized spacial score (nSPS) is 11.2. The van der Waals surface area contributed by atoms with E-state index in [1.807, 2.05) is 12.1 Å². The van der Waals surface area contributed by atoms with Crippen LogP contribution in [-0.4, -0.2) is 13.4 Å². The van der Waals surface area contributed by atoms with Gasteiger partial charge in [0.25, 0.3) is 10.0 Å². The van der Waals surface area contributed by atoms with Crippen molar-refractivity contribution in [3.63, 3.8) is 0 Å². The fourth-order valence-corrected chi connectivity index (χ4v) is 2.90. The molecule has 0 unspecified atom stereocenters. The van der Waals surface area contributed by atoms with Crippen molar-refractivity contribution >= 4 is 15.7 Å². The zero-order chi connectivity index (χ0) is 14.4. The molecule has 0 bridgehead atoms. The molecule has 1 aromatic heterocycles. The molecule has 0 aliphatic rings. The number of nitrogens with one attached hydrogen (secondary N) is 1. The first-order valence-electron chi connectivity index (χ1n) is 6.63. The molecule has 106 valence electrons. The van der Waals surface area contributed by atoms with E-state index < -0.39 is 10.0 Å². The van der Waals surface area contributed by atoms with Crippen molar-refractivity contribution in [1.82, 2.24) is 4.98 Å². The van der Waals surface area contributed by atoms with Crippen molar-refractivity contribution in [2.24, 2.45) is 0 Å². The van der Waals surface area contributed by atoms with Crippen LogP contribution in [0.1, 0.15) is 25.3 Å². The molecule has 0 atom stereocenters. The van der Waals surface area contributed by atoms with E-state index in [1.54, 1.807) is 30.5 Å². The molecule has 0 fully saturated rings. The van der Waals surface area contributed by atoms with Crippen LogP contribution in [0.2, 0.25) is 0 Å². The maximum atomic E-state index is 12.2. The molecule has 0 saturated carbocycles. The average Bonchev–Trinajstić information content (AvgIpc) is 2.46. The standard InChI is InChI=1S/C15H18N2O2S/c1-2-3-5-13-7-9-15(10-8-13)20(18,19)17-14-6-4-11-16-12-14/h4,6-12,17H,2-3,5H2,1H3. The van der Waals surface area contributed by atoms with Gasteiger partial charge in [-0.15, -0.1) is 0 Å². The van der Waals surface area contributed by atoms with Gasteiger partial charge in [0, 0.05) is 6.20 Å². The highest BCUT2D eigenvalue weighted by Gasteiger charge is 2.13. The summed E-state index contributed by atoms with van der Waals surface area (Å²) in [5.41, 5.74) is 1.62. The molecular weight excluding hydrogens is 272 g/mol.